The van der Waals surface area contributed by atoms with Crippen molar-refractivity contribution in [1.82, 2.24) is 0 Å². The Labute approximate surface area is 144 Å². The molecule has 1 aromatic rings. The molecule has 1 aromatic carbocycles. The Morgan fingerprint density at radius 3 is 2.48 bits per heavy atom. The Kier molecular flexibility index (Phi) is 4.48. The van der Waals surface area contributed by atoms with Gasteiger partial charge in [-0.25, -0.2) is 0 Å². The fourth-order valence-corrected chi connectivity index (χ4v) is 5.70. The average molecular weight is 329 g/mol. The van der Waals surface area contributed by atoms with Crippen molar-refractivity contribution < 1.29 is 4.79 Å². The largest absolute Gasteiger partial charge is 0.299 e. The summed E-state index contributed by atoms with van der Waals surface area (Å²) in [6, 6.07) is 10.5. The first-order valence-electron chi connectivity index (χ1n) is 8.69. The SMILES string of the molecule is CC1=C(C)C[C@@]2(CSc3ccccc3)C(=O)CC(C)(C)C[C@@H]2C1. The van der Waals surface area contributed by atoms with Gasteiger partial charge in [0.25, 0.3) is 0 Å². The summed E-state index contributed by atoms with van der Waals surface area (Å²) in [6.45, 7) is 9.02. The molecule has 1 nitrogen and oxygen atoms in total. The van der Waals surface area contributed by atoms with Crippen molar-refractivity contribution in [3.63, 3.8) is 0 Å². The van der Waals surface area contributed by atoms with Gasteiger partial charge in [0.1, 0.15) is 5.78 Å². The lowest BCUT2D eigenvalue weighted by molar-refractivity contribution is -0.139. The van der Waals surface area contributed by atoms with E-state index >= 15 is 0 Å². The molecule has 0 saturated heterocycles. The van der Waals surface area contributed by atoms with E-state index < -0.39 is 0 Å². The van der Waals surface area contributed by atoms with E-state index in [1.807, 2.05) is 11.8 Å². The number of Topliss-reactive ketones (excluding diaryl/α,β-unsaturated/α-hetero) is 1. The highest BCUT2D eigenvalue weighted by atomic mass is 32.2. The van der Waals surface area contributed by atoms with Crippen LogP contribution in [0.2, 0.25) is 0 Å². The zero-order valence-electron chi connectivity index (χ0n) is 14.8. The van der Waals surface area contributed by atoms with Gasteiger partial charge >= 0.3 is 0 Å². The van der Waals surface area contributed by atoms with Gasteiger partial charge in [0.05, 0.1) is 0 Å². The molecular weight excluding hydrogens is 300 g/mol. The third-order valence-electron chi connectivity index (χ3n) is 5.88. The Bertz CT molecular complexity index is 629. The van der Waals surface area contributed by atoms with Gasteiger partial charge in [-0.05, 0) is 56.6 Å². The quantitative estimate of drug-likeness (QED) is 0.507. The number of carbonyl (C=O) groups is 1. The molecule has 1 fully saturated rings. The standard InChI is InChI=1S/C21H28OS/c1-15-10-17-12-20(3,4)13-19(22)21(17,11-16(15)2)14-23-18-8-6-5-7-9-18/h5-9,17H,10-14H2,1-4H3/t17-,21-/m0/s1. The molecule has 0 heterocycles. The van der Waals surface area contributed by atoms with Gasteiger partial charge in [0.2, 0.25) is 0 Å². The lowest BCUT2D eigenvalue weighted by Crippen LogP contribution is -2.50. The van der Waals surface area contributed by atoms with Crippen molar-refractivity contribution >= 4 is 17.5 Å². The minimum Gasteiger partial charge on any atom is -0.299 e. The van der Waals surface area contributed by atoms with E-state index in [1.54, 1.807) is 0 Å². The molecule has 0 spiro atoms. The van der Waals surface area contributed by atoms with E-state index in [2.05, 4.69) is 58.0 Å². The highest BCUT2D eigenvalue weighted by Gasteiger charge is 2.53. The molecule has 0 radical (unpaired) electrons. The summed E-state index contributed by atoms with van der Waals surface area (Å²) in [5.74, 6) is 1.95. The lowest BCUT2D eigenvalue weighted by atomic mass is 9.53. The summed E-state index contributed by atoms with van der Waals surface area (Å²) in [5.41, 5.74) is 2.98. The molecule has 2 aliphatic rings. The molecule has 0 unspecified atom stereocenters. The van der Waals surface area contributed by atoms with Gasteiger partial charge in [-0.15, -0.1) is 11.8 Å². The van der Waals surface area contributed by atoms with Crippen molar-refractivity contribution in [2.24, 2.45) is 16.7 Å². The monoisotopic (exact) mass is 328 g/mol. The number of benzene rings is 1. The Hall–Kier alpha value is -1.02. The highest BCUT2D eigenvalue weighted by Crippen LogP contribution is 2.56. The fourth-order valence-electron chi connectivity index (χ4n) is 4.43. The van der Waals surface area contributed by atoms with Crippen LogP contribution in [-0.2, 0) is 4.79 Å². The number of allylic oxidation sites excluding steroid dienone is 2. The van der Waals surface area contributed by atoms with E-state index in [1.165, 1.54) is 22.5 Å². The Morgan fingerprint density at radius 1 is 1.09 bits per heavy atom. The fraction of sp³-hybridized carbons (Fsp3) is 0.571. The van der Waals surface area contributed by atoms with Crippen molar-refractivity contribution in [3.05, 3.63) is 41.5 Å². The maximum Gasteiger partial charge on any atom is 0.141 e. The van der Waals surface area contributed by atoms with Crippen LogP contribution in [0.1, 0.15) is 53.4 Å². The van der Waals surface area contributed by atoms with Gasteiger partial charge < -0.3 is 0 Å². The molecule has 2 heteroatoms. The van der Waals surface area contributed by atoms with Gasteiger partial charge in [-0.2, -0.15) is 0 Å². The van der Waals surface area contributed by atoms with Crippen LogP contribution in [-0.4, -0.2) is 11.5 Å². The second-order valence-electron chi connectivity index (χ2n) is 8.36. The molecule has 2 aliphatic carbocycles. The van der Waals surface area contributed by atoms with Crippen LogP contribution in [0.4, 0.5) is 0 Å². The summed E-state index contributed by atoms with van der Waals surface area (Å²) < 4.78 is 0. The summed E-state index contributed by atoms with van der Waals surface area (Å²) in [7, 11) is 0. The number of hydrogen-bond donors (Lipinski definition) is 0. The van der Waals surface area contributed by atoms with Crippen LogP contribution in [0.15, 0.2) is 46.4 Å². The molecule has 0 amide bonds. The van der Waals surface area contributed by atoms with Crippen molar-refractivity contribution in [2.75, 3.05) is 5.75 Å². The predicted molar refractivity (Wildman–Crippen MR) is 98.7 cm³/mol. The normalized spacial score (nSPS) is 30.3. The molecule has 2 atom stereocenters. The van der Waals surface area contributed by atoms with E-state index in [4.69, 9.17) is 0 Å². The van der Waals surface area contributed by atoms with Crippen LogP contribution in [0.25, 0.3) is 0 Å². The van der Waals surface area contributed by atoms with E-state index in [0.717, 1.165) is 25.0 Å². The number of carbonyl (C=O) groups excluding carboxylic acids is 1. The summed E-state index contributed by atoms with van der Waals surface area (Å²) >= 11 is 1.87. The van der Waals surface area contributed by atoms with E-state index in [9.17, 15) is 4.79 Å². The van der Waals surface area contributed by atoms with Gasteiger partial charge in [-0.1, -0.05) is 43.2 Å². The molecule has 0 aliphatic heterocycles. The maximum absolute atomic E-state index is 13.2. The van der Waals surface area contributed by atoms with Crippen LogP contribution < -0.4 is 0 Å². The van der Waals surface area contributed by atoms with Crippen LogP contribution in [0, 0.1) is 16.7 Å². The molecule has 23 heavy (non-hydrogen) atoms. The minimum absolute atomic E-state index is 0.139. The maximum atomic E-state index is 13.2. The summed E-state index contributed by atoms with van der Waals surface area (Å²) in [6.07, 6.45) is 4.00. The molecule has 0 aromatic heterocycles. The van der Waals surface area contributed by atoms with Gasteiger partial charge in [0, 0.05) is 22.5 Å². The summed E-state index contributed by atoms with van der Waals surface area (Å²) in [4.78, 5) is 14.5. The lowest BCUT2D eigenvalue weighted by Gasteiger charge is -2.51. The zero-order chi connectivity index (χ0) is 16.7. The minimum atomic E-state index is -0.139. The van der Waals surface area contributed by atoms with Crippen molar-refractivity contribution in [1.29, 1.82) is 0 Å². The van der Waals surface area contributed by atoms with Gasteiger partial charge in [0.15, 0.2) is 0 Å². The number of thioether (sulfide) groups is 1. The van der Waals surface area contributed by atoms with E-state index in [0.29, 0.717) is 11.7 Å². The topological polar surface area (TPSA) is 17.1 Å². The predicted octanol–water partition coefficient (Wildman–Crippen LogP) is 5.90. The molecule has 3 rings (SSSR count). The second kappa shape index (κ2) is 6.12. The molecule has 0 N–H and O–H groups in total. The molecule has 124 valence electrons. The van der Waals surface area contributed by atoms with Crippen molar-refractivity contribution in [3.8, 4) is 0 Å². The third-order valence-corrected chi connectivity index (χ3v) is 7.14. The smallest absolute Gasteiger partial charge is 0.141 e. The first-order valence-corrected chi connectivity index (χ1v) is 9.67. The van der Waals surface area contributed by atoms with Crippen molar-refractivity contribution in [2.45, 2.75) is 58.3 Å². The molecule has 0 bridgehead atoms. The van der Waals surface area contributed by atoms with E-state index in [-0.39, 0.29) is 10.8 Å². The van der Waals surface area contributed by atoms with Gasteiger partial charge in [-0.3, -0.25) is 4.79 Å². The van der Waals surface area contributed by atoms with Crippen LogP contribution in [0.5, 0.6) is 0 Å². The molecule has 1 saturated carbocycles. The number of fused-ring (bicyclic) bond motifs is 1. The Morgan fingerprint density at radius 2 is 1.78 bits per heavy atom. The summed E-state index contributed by atoms with van der Waals surface area (Å²) in [5, 5.41) is 0. The zero-order valence-corrected chi connectivity index (χ0v) is 15.6. The number of rotatable bonds is 3. The Balaban J connectivity index is 1.89. The van der Waals surface area contributed by atoms with Crippen LogP contribution in [0.3, 0.4) is 0 Å². The van der Waals surface area contributed by atoms with Crippen LogP contribution >= 0.6 is 11.8 Å². The molecular formula is C21H28OS. The second-order valence-corrected chi connectivity index (χ2v) is 9.41. The first kappa shape index (κ1) is 16.8. The first-order chi connectivity index (χ1) is 10.8. The third kappa shape index (κ3) is 3.28. The average Bonchev–Trinajstić information content (AvgIpc) is 2.48. The number of hydrogen-bond acceptors (Lipinski definition) is 2. The number of ketones is 1. The highest BCUT2D eigenvalue weighted by molar-refractivity contribution is 7.99.